The van der Waals surface area contributed by atoms with E-state index in [2.05, 4.69) is 26.1 Å². The number of esters is 1. The molecule has 0 saturated carbocycles. The molecule has 0 aromatic carbocycles. The van der Waals surface area contributed by atoms with Gasteiger partial charge in [-0.05, 0) is 25.7 Å². The Labute approximate surface area is 381 Å². The number of carbonyl (C=O) groups excluding carboxylic acids is 2. The van der Waals surface area contributed by atoms with Crippen molar-refractivity contribution in [3.8, 4) is 0 Å². The van der Waals surface area contributed by atoms with Gasteiger partial charge in [-0.1, -0.05) is 278 Å². The number of aliphatic hydroxyl groups excluding tert-OH is 2. The van der Waals surface area contributed by atoms with Gasteiger partial charge in [0.25, 0.3) is 0 Å². The van der Waals surface area contributed by atoms with Crippen LogP contribution < -0.4 is 5.32 Å². The summed E-state index contributed by atoms with van der Waals surface area (Å²) < 4.78 is 5.96. The van der Waals surface area contributed by atoms with Crippen LogP contribution in [0.3, 0.4) is 0 Å². The average Bonchev–Trinajstić information content (AvgIpc) is 3.25. The van der Waals surface area contributed by atoms with Crippen molar-refractivity contribution in [1.82, 2.24) is 5.32 Å². The van der Waals surface area contributed by atoms with E-state index < -0.39 is 18.2 Å². The summed E-state index contributed by atoms with van der Waals surface area (Å²) >= 11 is 0. The third-order valence-corrected chi connectivity index (χ3v) is 13.2. The topological polar surface area (TPSA) is 95.9 Å². The zero-order valence-corrected chi connectivity index (χ0v) is 41.6. The zero-order valence-electron chi connectivity index (χ0n) is 41.6. The highest BCUT2D eigenvalue weighted by Gasteiger charge is 2.24. The molecule has 0 aliphatic carbocycles. The molecule has 0 saturated heterocycles. The third-order valence-electron chi connectivity index (χ3n) is 13.2. The predicted molar refractivity (Wildman–Crippen MR) is 264 cm³/mol. The van der Waals surface area contributed by atoms with Crippen LogP contribution in [0.15, 0.2) is 0 Å². The molecule has 0 aliphatic rings. The van der Waals surface area contributed by atoms with Crippen molar-refractivity contribution in [2.45, 2.75) is 334 Å². The summed E-state index contributed by atoms with van der Waals surface area (Å²) in [5.74, 6) is -0.447. The first-order chi connectivity index (χ1) is 30.0. The second-order valence-electron chi connectivity index (χ2n) is 19.4. The van der Waals surface area contributed by atoms with Crippen LogP contribution in [0.4, 0.5) is 0 Å². The number of amides is 1. The fourth-order valence-corrected chi connectivity index (χ4v) is 8.96. The molecule has 0 heterocycles. The molecule has 3 unspecified atom stereocenters. The van der Waals surface area contributed by atoms with Crippen LogP contribution >= 0.6 is 0 Å². The highest BCUT2D eigenvalue weighted by molar-refractivity contribution is 5.77. The molecule has 0 aromatic rings. The number of aliphatic hydroxyl groups is 2. The zero-order chi connectivity index (χ0) is 44.5. The minimum Gasteiger partial charge on any atom is -0.462 e. The molecular formula is C55H109NO5. The van der Waals surface area contributed by atoms with Crippen molar-refractivity contribution < 1.29 is 24.5 Å². The first-order valence-corrected chi connectivity index (χ1v) is 27.8. The molecule has 3 atom stereocenters. The monoisotopic (exact) mass is 864 g/mol. The summed E-state index contributed by atoms with van der Waals surface area (Å²) in [6.07, 6.45) is 54.5. The Kier molecular flexibility index (Phi) is 48.9. The molecule has 3 N–H and O–H groups in total. The van der Waals surface area contributed by atoms with Gasteiger partial charge in [-0.15, -0.1) is 0 Å². The number of nitrogens with one attached hydrogen (secondary N) is 1. The molecule has 6 nitrogen and oxygen atoms in total. The van der Waals surface area contributed by atoms with Gasteiger partial charge in [0.2, 0.25) is 5.91 Å². The highest BCUT2D eigenvalue weighted by Crippen LogP contribution is 2.19. The molecule has 61 heavy (non-hydrogen) atoms. The van der Waals surface area contributed by atoms with Gasteiger partial charge in [0.1, 0.15) is 6.10 Å². The Hall–Kier alpha value is -1.14. The van der Waals surface area contributed by atoms with Crippen LogP contribution in [0, 0.1) is 0 Å². The first-order valence-electron chi connectivity index (χ1n) is 27.8. The highest BCUT2D eigenvalue weighted by atomic mass is 16.5. The van der Waals surface area contributed by atoms with E-state index in [1.165, 1.54) is 231 Å². The van der Waals surface area contributed by atoms with Gasteiger partial charge in [0, 0.05) is 6.42 Å². The Bertz CT molecular complexity index is 882. The van der Waals surface area contributed by atoms with Crippen LogP contribution in [-0.2, 0) is 14.3 Å². The summed E-state index contributed by atoms with van der Waals surface area (Å²) in [4.78, 5) is 26.2. The van der Waals surface area contributed by atoms with E-state index in [-0.39, 0.29) is 24.9 Å². The lowest BCUT2D eigenvalue weighted by Crippen LogP contribution is -2.46. The maximum Gasteiger partial charge on any atom is 0.306 e. The molecule has 0 aliphatic heterocycles. The van der Waals surface area contributed by atoms with E-state index in [9.17, 15) is 19.8 Å². The molecule has 0 fully saturated rings. The van der Waals surface area contributed by atoms with Crippen LogP contribution in [-0.4, -0.2) is 46.9 Å². The van der Waals surface area contributed by atoms with Crippen LogP contribution in [0.25, 0.3) is 0 Å². The van der Waals surface area contributed by atoms with Gasteiger partial charge in [-0.25, -0.2) is 0 Å². The van der Waals surface area contributed by atoms with Gasteiger partial charge in [-0.2, -0.15) is 0 Å². The minimum absolute atomic E-state index is 0.0882. The third kappa shape index (κ3) is 45.2. The number of rotatable bonds is 51. The van der Waals surface area contributed by atoms with Crippen molar-refractivity contribution in [3.63, 3.8) is 0 Å². The second kappa shape index (κ2) is 49.9. The fourth-order valence-electron chi connectivity index (χ4n) is 8.96. The van der Waals surface area contributed by atoms with Crippen molar-refractivity contribution in [2.75, 3.05) is 6.61 Å². The van der Waals surface area contributed by atoms with Gasteiger partial charge in [-0.3, -0.25) is 9.59 Å². The molecule has 0 rings (SSSR count). The molecule has 0 radical (unpaired) electrons. The molecule has 364 valence electrons. The number of carbonyl (C=O) groups is 2. The first kappa shape index (κ1) is 59.9. The second-order valence-corrected chi connectivity index (χ2v) is 19.4. The summed E-state index contributed by atoms with van der Waals surface area (Å²) in [6, 6.07) is -0.692. The summed E-state index contributed by atoms with van der Waals surface area (Å²) in [5, 5.41) is 23.8. The lowest BCUT2D eigenvalue weighted by atomic mass is 10.0. The van der Waals surface area contributed by atoms with Gasteiger partial charge < -0.3 is 20.3 Å². The van der Waals surface area contributed by atoms with Crippen molar-refractivity contribution in [3.05, 3.63) is 0 Å². The van der Waals surface area contributed by atoms with Gasteiger partial charge in [0.15, 0.2) is 0 Å². The molecule has 1 amide bonds. The fraction of sp³-hybridized carbons (Fsp3) is 0.964. The standard InChI is InChI=1S/C55H109NO5/c1-4-7-10-13-16-19-22-24-26-27-28-30-33-36-39-42-45-48-55(60)61-51(46-43-40-37-34-32-29-25-23-20-17-14-11-8-5-2)49-54(59)56-52(50-57)53(58)47-44-41-38-35-31-21-18-15-12-9-6-3/h51-53,57-58H,4-50H2,1-3H3,(H,56,59). The largest absolute Gasteiger partial charge is 0.462 e. The van der Waals surface area contributed by atoms with E-state index in [0.717, 1.165) is 38.5 Å². The Morgan fingerprint density at radius 3 is 1.00 bits per heavy atom. The average molecular weight is 864 g/mol. The maximum absolute atomic E-state index is 13.2. The molecule has 6 heteroatoms. The van der Waals surface area contributed by atoms with Gasteiger partial charge in [0.05, 0.1) is 25.2 Å². The van der Waals surface area contributed by atoms with Crippen LogP contribution in [0.2, 0.25) is 0 Å². The predicted octanol–water partition coefficient (Wildman–Crippen LogP) is 16.7. The number of hydrogen-bond acceptors (Lipinski definition) is 5. The Morgan fingerprint density at radius 2 is 0.689 bits per heavy atom. The van der Waals surface area contributed by atoms with Crippen LogP contribution in [0.1, 0.15) is 316 Å². The normalized spacial score (nSPS) is 13.1. The van der Waals surface area contributed by atoms with E-state index in [1.54, 1.807) is 0 Å². The summed E-state index contributed by atoms with van der Waals surface area (Å²) in [6.45, 7) is 6.52. The van der Waals surface area contributed by atoms with E-state index >= 15 is 0 Å². The number of unbranched alkanes of at least 4 members (excludes halogenated alkanes) is 39. The Balaban J connectivity index is 4.48. The van der Waals surface area contributed by atoms with Crippen molar-refractivity contribution in [1.29, 1.82) is 0 Å². The van der Waals surface area contributed by atoms with Crippen LogP contribution in [0.5, 0.6) is 0 Å². The molecule has 0 aromatic heterocycles. The summed E-state index contributed by atoms with van der Waals surface area (Å²) in [7, 11) is 0. The van der Waals surface area contributed by atoms with E-state index in [0.29, 0.717) is 19.3 Å². The lowest BCUT2D eigenvalue weighted by Gasteiger charge is -2.24. The molecular weight excluding hydrogens is 755 g/mol. The maximum atomic E-state index is 13.2. The van der Waals surface area contributed by atoms with E-state index in [4.69, 9.17) is 4.74 Å². The Morgan fingerprint density at radius 1 is 0.410 bits per heavy atom. The van der Waals surface area contributed by atoms with Gasteiger partial charge >= 0.3 is 5.97 Å². The van der Waals surface area contributed by atoms with E-state index in [1.807, 2.05) is 0 Å². The van der Waals surface area contributed by atoms with Crippen molar-refractivity contribution >= 4 is 11.9 Å². The number of ether oxygens (including phenoxy) is 1. The quantitative estimate of drug-likeness (QED) is 0.0418. The minimum atomic E-state index is -0.779. The van der Waals surface area contributed by atoms with Crippen molar-refractivity contribution in [2.24, 2.45) is 0 Å². The molecule has 0 spiro atoms. The number of hydrogen-bond donors (Lipinski definition) is 3. The summed E-state index contributed by atoms with van der Waals surface area (Å²) in [5.41, 5.74) is 0. The SMILES string of the molecule is CCCCCCCCCCCCCCCCCCCC(=O)OC(CCCCCCCCCCCCCCCC)CC(=O)NC(CO)C(O)CCCCCCCCCCCCC. The lowest BCUT2D eigenvalue weighted by molar-refractivity contribution is -0.151. The molecule has 0 bridgehead atoms. The smallest absolute Gasteiger partial charge is 0.306 e.